The number of aryl methyl sites for hydroxylation is 1. The van der Waals surface area contributed by atoms with Crippen molar-refractivity contribution in [3.05, 3.63) is 95.1 Å². The van der Waals surface area contributed by atoms with Crippen molar-refractivity contribution in [3.63, 3.8) is 0 Å². The zero-order valence-corrected chi connectivity index (χ0v) is 18.6. The van der Waals surface area contributed by atoms with E-state index in [9.17, 15) is 22.8 Å². The van der Waals surface area contributed by atoms with Gasteiger partial charge in [-0.15, -0.1) is 0 Å². The molecular weight excluding hydrogens is 443 g/mol. The molecule has 0 spiro atoms. The summed E-state index contributed by atoms with van der Waals surface area (Å²) in [6.07, 6.45) is -4.51. The lowest BCUT2D eigenvalue weighted by molar-refractivity contribution is -0.137. The molecule has 4 rings (SSSR count). The quantitative estimate of drug-likeness (QED) is 0.572. The SMILES string of the molecule is Cc1ccccc1C(=O)N1CCN(c2ccc(NC(=O)c3cccc(C(F)(F)F)c3)cc2)CC1. The van der Waals surface area contributed by atoms with Gasteiger partial charge in [-0.1, -0.05) is 24.3 Å². The number of nitrogens with one attached hydrogen (secondary N) is 1. The second-order valence-electron chi connectivity index (χ2n) is 8.17. The van der Waals surface area contributed by atoms with E-state index in [1.54, 1.807) is 12.1 Å². The fourth-order valence-electron chi connectivity index (χ4n) is 3.95. The first-order valence-corrected chi connectivity index (χ1v) is 10.9. The Hall–Kier alpha value is -3.81. The molecule has 0 bridgehead atoms. The highest BCUT2D eigenvalue weighted by Crippen LogP contribution is 2.30. The molecule has 0 atom stereocenters. The van der Waals surface area contributed by atoms with Crippen LogP contribution >= 0.6 is 0 Å². The van der Waals surface area contributed by atoms with E-state index in [0.717, 1.165) is 28.9 Å². The van der Waals surface area contributed by atoms with Gasteiger partial charge in [-0.3, -0.25) is 9.59 Å². The maximum Gasteiger partial charge on any atom is 0.416 e. The molecule has 5 nitrogen and oxygen atoms in total. The molecule has 3 aromatic carbocycles. The standard InChI is InChI=1S/C26H24F3N3O2/c1-18-5-2-3-8-23(18)25(34)32-15-13-31(14-16-32)22-11-9-21(10-12-22)30-24(33)19-6-4-7-20(17-19)26(27,28)29/h2-12,17H,13-16H2,1H3,(H,30,33). The van der Waals surface area contributed by atoms with Gasteiger partial charge in [-0.05, 0) is 61.0 Å². The van der Waals surface area contributed by atoms with Gasteiger partial charge in [0.2, 0.25) is 0 Å². The molecule has 1 N–H and O–H groups in total. The molecule has 1 fully saturated rings. The summed E-state index contributed by atoms with van der Waals surface area (Å²) in [6, 6.07) is 19.0. The van der Waals surface area contributed by atoms with Crippen LogP contribution in [-0.2, 0) is 6.18 Å². The second kappa shape index (κ2) is 9.59. The predicted octanol–water partition coefficient (Wildman–Crippen LogP) is 5.23. The third-order valence-electron chi connectivity index (χ3n) is 5.88. The summed E-state index contributed by atoms with van der Waals surface area (Å²) in [5, 5.41) is 2.63. The van der Waals surface area contributed by atoms with Gasteiger partial charge in [0.1, 0.15) is 0 Å². The highest BCUT2D eigenvalue weighted by atomic mass is 19.4. The van der Waals surface area contributed by atoms with Crippen molar-refractivity contribution in [1.82, 2.24) is 4.90 Å². The molecule has 0 aliphatic carbocycles. The molecule has 0 unspecified atom stereocenters. The Labute approximate surface area is 195 Å². The van der Waals surface area contributed by atoms with Crippen molar-refractivity contribution in [2.45, 2.75) is 13.1 Å². The van der Waals surface area contributed by atoms with E-state index < -0.39 is 17.6 Å². The molecule has 0 aromatic heterocycles. The third kappa shape index (κ3) is 5.22. The Balaban J connectivity index is 1.35. The predicted molar refractivity (Wildman–Crippen MR) is 125 cm³/mol. The molecule has 1 heterocycles. The molecule has 2 amide bonds. The maximum absolute atomic E-state index is 12.9. The Morgan fingerprint density at radius 3 is 2.18 bits per heavy atom. The zero-order valence-electron chi connectivity index (χ0n) is 18.6. The summed E-state index contributed by atoms with van der Waals surface area (Å²) in [5.74, 6) is -0.576. The fraction of sp³-hybridized carbons (Fsp3) is 0.231. The Kier molecular flexibility index (Phi) is 6.58. The highest BCUT2D eigenvalue weighted by Gasteiger charge is 2.31. The van der Waals surface area contributed by atoms with Gasteiger partial charge in [0, 0.05) is 48.7 Å². The van der Waals surface area contributed by atoms with Crippen LogP contribution < -0.4 is 10.2 Å². The number of piperazine rings is 1. The largest absolute Gasteiger partial charge is 0.416 e. The normalized spacial score (nSPS) is 14.1. The van der Waals surface area contributed by atoms with E-state index in [2.05, 4.69) is 10.2 Å². The van der Waals surface area contributed by atoms with Crippen LogP contribution in [0.4, 0.5) is 24.5 Å². The van der Waals surface area contributed by atoms with Crippen molar-refractivity contribution in [2.75, 3.05) is 36.4 Å². The Bertz CT molecular complexity index is 1180. The molecule has 176 valence electrons. The van der Waals surface area contributed by atoms with Crippen LogP contribution in [0.3, 0.4) is 0 Å². The lowest BCUT2D eigenvalue weighted by Gasteiger charge is -2.36. The van der Waals surface area contributed by atoms with Gasteiger partial charge in [0.15, 0.2) is 0 Å². The number of amides is 2. The summed E-state index contributed by atoms with van der Waals surface area (Å²) >= 11 is 0. The monoisotopic (exact) mass is 467 g/mol. The minimum absolute atomic E-state index is 0.0328. The first kappa shape index (κ1) is 23.4. The van der Waals surface area contributed by atoms with Gasteiger partial charge >= 0.3 is 6.18 Å². The minimum atomic E-state index is -4.51. The molecule has 1 aliphatic heterocycles. The average Bonchev–Trinajstić information content (AvgIpc) is 2.84. The molecule has 3 aromatic rings. The van der Waals surface area contributed by atoms with E-state index in [0.29, 0.717) is 31.9 Å². The number of halogens is 3. The van der Waals surface area contributed by atoms with Crippen molar-refractivity contribution < 1.29 is 22.8 Å². The highest BCUT2D eigenvalue weighted by molar-refractivity contribution is 6.04. The number of carbonyl (C=O) groups is 2. The number of alkyl halides is 3. The summed E-state index contributed by atoms with van der Waals surface area (Å²) in [7, 11) is 0. The van der Waals surface area contributed by atoms with Gasteiger partial charge in [0.25, 0.3) is 11.8 Å². The maximum atomic E-state index is 12.9. The van der Waals surface area contributed by atoms with E-state index in [1.807, 2.05) is 48.2 Å². The van der Waals surface area contributed by atoms with Crippen molar-refractivity contribution in [1.29, 1.82) is 0 Å². The summed E-state index contributed by atoms with van der Waals surface area (Å²) in [5.41, 5.74) is 2.18. The van der Waals surface area contributed by atoms with Crippen LogP contribution in [0, 0.1) is 6.92 Å². The summed E-state index contributed by atoms with van der Waals surface area (Å²) in [4.78, 5) is 29.2. The van der Waals surface area contributed by atoms with Crippen molar-refractivity contribution >= 4 is 23.2 Å². The summed E-state index contributed by atoms with van der Waals surface area (Å²) in [6.45, 7) is 4.47. The number of hydrogen-bond acceptors (Lipinski definition) is 3. The van der Waals surface area contributed by atoms with E-state index in [1.165, 1.54) is 12.1 Å². The minimum Gasteiger partial charge on any atom is -0.368 e. The van der Waals surface area contributed by atoms with Gasteiger partial charge in [-0.25, -0.2) is 0 Å². The van der Waals surface area contributed by atoms with E-state index in [-0.39, 0.29) is 11.5 Å². The molecule has 8 heteroatoms. The van der Waals surface area contributed by atoms with Gasteiger partial charge < -0.3 is 15.1 Å². The zero-order chi connectivity index (χ0) is 24.3. The Morgan fingerprint density at radius 1 is 0.853 bits per heavy atom. The first-order valence-electron chi connectivity index (χ1n) is 10.9. The summed E-state index contributed by atoms with van der Waals surface area (Å²) < 4.78 is 38.7. The number of anilines is 2. The average molecular weight is 467 g/mol. The van der Waals surface area contributed by atoms with E-state index in [4.69, 9.17) is 0 Å². The topological polar surface area (TPSA) is 52.7 Å². The van der Waals surface area contributed by atoms with Crippen LogP contribution in [0.1, 0.15) is 31.8 Å². The third-order valence-corrected chi connectivity index (χ3v) is 5.88. The van der Waals surface area contributed by atoms with Crippen LogP contribution in [-0.4, -0.2) is 42.9 Å². The van der Waals surface area contributed by atoms with Gasteiger partial charge in [0.05, 0.1) is 5.56 Å². The number of benzene rings is 3. The lowest BCUT2D eigenvalue weighted by atomic mass is 10.1. The van der Waals surface area contributed by atoms with Crippen LogP contribution in [0.15, 0.2) is 72.8 Å². The van der Waals surface area contributed by atoms with Gasteiger partial charge in [-0.2, -0.15) is 13.2 Å². The Morgan fingerprint density at radius 2 is 1.53 bits per heavy atom. The molecule has 1 saturated heterocycles. The van der Waals surface area contributed by atoms with E-state index >= 15 is 0 Å². The van der Waals surface area contributed by atoms with Crippen LogP contribution in [0.5, 0.6) is 0 Å². The fourth-order valence-corrected chi connectivity index (χ4v) is 3.95. The smallest absolute Gasteiger partial charge is 0.368 e. The van der Waals surface area contributed by atoms with Crippen LogP contribution in [0.2, 0.25) is 0 Å². The number of nitrogens with zero attached hydrogens (tertiary/aromatic N) is 2. The molecule has 0 saturated carbocycles. The molecule has 34 heavy (non-hydrogen) atoms. The number of carbonyl (C=O) groups excluding carboxylic acids is 2. The van der Waals surface area contributed by atoms with Crippen molar-refractivity contribution in [2.24, 2.45) is 0 Å². The second-order valence-corrected chi connectivity index (χ2v) is 8.17. The molecular formula is C26H24F3N3O2. The molecule has 1 aliphatic rings. The first-order chi connectivity index (χ1) is 16.2. The number of rotatable bonds is 4. The molecule has 0 radical (unpaired) electrons. The van der Waals surface area contributed by atoms with Crippen LogP contribution in [0.25, 0.3) is 0 Å². The lowest BCUT2D eigenvalue weighted by Crippen LogP contribution is -2.48. The van der Waals surface area contributed by atoms with Crippen molar-refractivity contribution in [3.8, 4) is 0 Å². The number of hydrogen-bond donors (Lipinski definition) is 1.